The minimum absolute atomic E-state index is 0.243. The molecule has 1 saturated heterocycles. The summed E-state index contributed by atoms with van der Waals surface area (Å²) >= 11 is 5.75. The zero-order valence-electron chi connectivity index (χ0n) is 8.80. The lowest BCUT2D eigenvalue weighted by Gasteiger charge is -2.09. The van der Waals surface area contributed by atoms with E-state index in [-0.39, 0.29) is 13.1 Å². The number of carboxylic acid groups (broad SMARTS) is 1. The molecule has 0 aromatic heterocycles. The van der Waals surface area contributed by atoms with Gasteiger partial charge in [0.15, 0.2) is 0 Å². The van der Waals surface area contributed by atoms with E-state index in [1.165, 1.54) is 0 Å². The molecule has 0 saturated carbocycles. The van der Waals surface area contributed by atoms with Crippen LogP contribution in [0.1, 0.15) is 11.7 Å². The third kappa shape index (κ3) is 2.68. The van der Waals surface area contributed by atoms with Crippen molar-refractivity contribution in [3.05, 3.63) is 34.9 Å². The third-order valence-electron chi connectivity index (χ3n) is 2.46. The Kier molecular flexibility index (Phi) is 3.19. The number of carboxylic acids is 1. The lowest BCUT2D eigenvalue weighted by atomic mass is 10.1. The lowest BCUT2D eigenvalue weighted by molar-refractivity contribution is -0.137. The monoisotopic (exact) mass is 255 g/mol. The number of hydrogen-bond acceptors (Lipinski definition) is 3. The number of rotatable bonds is 3. The fraction of sp³-hybridized carbons (Fsp3) is 0.273. The highest BCUT2D eigenvalue weighted by molar-refractivity contribution is 6.30. The van der Waals surface area contributed by atoms with E-state index in [1.807, 2.05) is 0 Å². The Labute approximate surface area is 103 Å². The summed E-state index contributed by atoms with van der Waals surface area (Å²) in [7, 11) is 0. The minimum atomic E-state index is -1.06. The van der Waals surface area contributed by atoms with Gasteiger partial charge >= 0.3 is 12.1 Å². The van der Waals surface area contributed by atoms with Gasteiger partial charge in [0.1, 0.15) is 12.6 Å². The van der Waals surface area contributed by atoms with Crippen molar-refractivity contribution in [2.24, 2.45) is 0 Å². The molecule has 0 spiro atoms. The number of aliphatic carboxylic acids is 1. The number of nitrogens with zero attached hydrogens (tertiary/aromatic N) is 1. The maximum Gasteiger partial charge on any atom is 0.411 e. The van der Waals surface area contributed by atoms with Crippen LogP contribution < -0.4 is 0 Å². The molecule has 1 amide bonds. The van der Waals surface area contributed by atoms with Crippen LogP contribution in [0.3, 0.4) is 0 Å². The molecule has 5 nitrogen and oxygen atoms in total. The number of amides is 1. The van der Waals surface area contributed by atoms with Gasteiger partial charge in [-0.25, -0.2) is 4.79 Å². The van der Waals surface area contributed by atoms with Gasteiger partial charge in [0.25, 0.3) is 0 Å². The van der Waals surface area contributed by atoms with Crippen LogP contribution in [0.2, 0.25) is 5.02 Å². The molecule has 17 heavy (non-hydrogen) atoms. The number of cyclic esters (lactones) is 1. The van der Waals surface area contributed by atoms with Crippen molar-refractivity contribution in [3.63, 3.8) is 0 Å². The van der Waals surface area contributed by atoms with E-state index in [0.717, 1.165) is 10.5 Å². The molecular formula is C11H10ClNO4. The molecule has 2 rings (SSSR count). The maximum atomic E-state index is 11.4. The van der Waals surface area contributed by atoms with E-state index >= 15 is 0 Å². The highest BCUT2D eigenvalue weighted by Gasteiger charge is 2.33. The van der Waals surface area contributed by atoms with Crippen LogP contribution in [0.4, 0.5) is 4.79 Å². The Hall–Kier alpha value is -1.75. The van der Waals surface area contributed by atoms with E-state index in [0.29, 0.717) is 5.02 Å². The van der Waals surface area contributed by atoms with E-state index < -0.39 is 18.2 Å². The van der Waals surface area contributed by atoms with Crippen LogP contribution in [0.25, 0.3) is 0 Å². The summed E-state index contributed by atoms with van der Waals surface area (Å²) in [5.74, 6) is -1.06. The molecule has 1 heterocycles. The van der Waals surface area contributed by atoms with Crippen molar-refractivity contribution < 1.29 is 19.4 Å². The van der Waals surface area contributed by atoms with E-state index in [1.54, 1.807) is 24.3 Å². The van der Waals surface area contributed by atoms with Crippen molar-refractivity contribution in [1.29, 1.82) is 0 Å². The summed E-state index contributed by atoms with van der Waals surface area (Å²) in [4.78, 5) is 23.1. The molecule has 1 aliphatic rings. The molecule has 0 bridgehead atoms. The molecule has 0 aliphatic carbocycles. The normalized spacial score (nSPS) is 19.2. The Morgan fingerprint density at radius 2 is 2.12 bits per heavy atom. The second-order valence-electron chi connectivity index (χ2n) is 3.70. The molecule has 1 N–H and O–H groups in total. The van der Waals surface area contributed by atoms with E-state index in [9.17, 15) is 9.59 Å². The first-order chi connectivity index (χ1) is 8.06. The molecule has 1 fully saturated rings. The Balaban J connectivity index is 2.08. The Morgan fingerprint density at radius 3 is 2.71 bits per heavy atom. The average molecular weight is 256 g/mol. The standard InChI is InChI=1S/C11H10ClNO4/c12-8-3-1-7(2-4-8)9-5-13(6-10(14)15)11(16)17-9/h1-4,9H,5-6H2,(H,14,15). The van der Waals surface area contributed by atoms with Crippen molar-refractivity contribution >= 4 is 23.7 Å². The quantitative estimate of drug-likeness (QED) is 0.896. The van der Waals surface area contributed by atoms with Crippen molar-refractivity contribution in [2.75, 3.05) is 13.1 Å². The summed E-state index contributed by atoms with van der Waals surface area (Å²) in [6.45, 7) is -0.101. The number of ether oxygens (including phenoxy) is 1. The molecule has 6 heteroatoms. The summed E-state index contributed by atoms with van der Waals surface area (Å²) < 4.78 is 5.08. The highest BCUT2D eigenvalue weighted by atomic mass is 35.5. The second-order valence-corrected chi connectivity index (χ2v) is 4.13. The fourth-order valence-electron chi connectivity index (χ4n) is 1.65. The summed E-state index contributed by atoms with van der Waals surface area (Å²) in [5, 5.41) is 9.22. The van der Waals surface area contributed by atoms with E-state index in [2.05, 4.69) is 0 Å². The zero-order chi connectivity index (χ0) is 12.4. The SMILES string of the molecule is O=C(O)CN1CC(c2ccc(Cl)cc2)OC1=O. The van der Waals surface area contributed by atoms with Crippen molar-refractivity contribution in [2.45, 2.75) is 6.10 Å². The van der Waals surface area contributed by atoms with Crippen LogP contribution in [-0.4, -0.2) is 35.2 Å². The number of hydrogen-bond donors (Lipinski definition) is 1. The maximum absolute atomic E-state index is 11.4. The molecule has 1 aromatic carbocycles. The molecule has 1 aliphatic heterocycles. The number of benzene rings is 1. The van der Waals surface area contributed by atoms with Gasteiger partial charge < -0.3 is 9.84 Å². The molecular weight excluding hydrogens is 246 g/mol. The first-order valence-electron chi connectivity index (χ1n) is 4.99. The van der Waals surface area contributed by atoms with Crippen LogP contribution in [0.15, 0.2) is 24.3 Å². The fourth-order valence-corrected chi connectivity index (χ4v) is 1.78. The zero-order valence-corrected chi connectivity index (χ0v) is 9.55. The van der Waals surface area contributed by atoms with E-state index in [4.69, 9.17) is 21.4 Å². The largest absolute Gasteiger partial charge is 0.480 e. The van der Waals surface area contributed by atoms with Gasteiger partial charge in [-0.2, -0.15) is 0 Å². The molecule has 0 radical (unpaired) electrons. The van der Waals surface area contributed by atoms with Gasteiger partial charge in [-0.3, -0.25) is 9.69 Å². The second kappa shape index (κ2) is 4.63. The van der Waals surface area contributed by atoms with Crippen LogP contribution >= 0.6 is 11.6 Å². The first kappa shape index (κ1) is 11.7. The number of halogens is 1. The third-order valence-corrected chi connectivity index (χ3v) is 2.71. The van der Waals surface area contributed by atoms with Gasteiger partial charge in [0, 0.05) is 5.02 Å². The topological polar surface area (TPSA) is 66.8 Å². The van der Waals surface area contributed by atoms with Gasteiger partial charge in [-0.1, -0.05) is 23.7 Å². The number of carbonyl (C=O) groups excluding carboxylic acids is 1. The number of carbonyl (C=O) groups is 2. The van der Waals surface area contributed by atoms with Crippen LogP contribution in [-0.2, 0) is 9.53 Å². The van der Waals surface area contributed by atoms with Gasteiger partial charge in [0.2, 0.25) is 0 Å². The van der Waals surface area contributed by atoms with Crippen molar-refractivity contribution in [3.8, 4) is 0 Å². The van der Waals surface area contributed by atoms with Gasteiger partial charge in [-0.05, 0) is 17.7 Å². The Morgan fingerprint density at radius 1 is 1.47 bits per heavy atom. The van der Waals surface area contributed by atoms with Gasteiger partial charge in [0.05, 0.1) is 6.54 Å². The minimum Gasteiger partial charge on any atom is -0.480 e. The lowest BCUT2D eigenvalue weighted by Crippen LogP contribution is -2.30. The first-order valence-corrected chi connectivity index (χ1v) is 5.37. The molecule has 1 aromatic rings. The summed E-state index contributed by atoms with van der Waals surface area (Å²) in [6, 6.07) is 6.91. The molecule has 1 atom stereocenters. The van der Waals surface area contributed by atoms with Crippen LogP contribution in [0, 0.1) is 0 Å². The Bertz CT molecular complexity index is 445. The summed E-state index contributed by atoms with van der Waals surface area (Å²) in [6.07, 6.45) is -1.04. The highest BCUT2D eigenvalue weighted by Crippen LogP contribution is 2.26. The van der Waals surface area contributed by atoms with Gasteiger partial charge in [-0.15, -0.1) is 0 Å². The average Bonchev–Trinajstić information content (AvgIpc) is 2.60. The van der Waals surface area contributed by atoms with Crippen molar-refractivity contribution in [1.82, 2.24) is 4.90 Å². The predicted molar refractivity (Wildman–Crippen MR) is 59.9 cm³/mol. The molecule has 90 valence electrons. The predicted octanol–water partition coefficient (Wildman–Crippen LogP) is 1.92. The molecule has 1 unspecified atom stereocenters. The summed E-state index contributed by atoms with van der Waals surface area (Å²) in [5.41, 5.74) is 0.802. The smallest absolute Gasteiger partial charge is 0.411 e. The van der Waals surface area contributed by atoms with Crippen LogP contribution in [0.5, 0.6) is 0 Å².